The molecule has 2 rings (SSSR count). The fourth-order valence-electron chi connectivity index (χ4n) is 9.49. The minimum Gasteiger partial charge on any atom is -0.457 e. The first kappa shape index (κ1) is 68.3. The van der Waals surface area contributed by atoms with Gasteiger partial charge in [0.1, 0.15) is 54.9 Å². The van der Waals surface area contributed by atoms with Crippen molar-refractivity contribution in [2.75, 3.05) is 33.0 Å². The zero-order chi connectivity index (χ0) is 53.7. The van der Waals surface area contributed by atoms with Crippen molar-refractivity contribution in [2.24, 2.45) is 0 Å². The number of allylic oxidation sites excluding steroid dienone is 6. The summed E-state index contributed by atoms with van der Waals surface area (Å²) in [6.45, 7) is 3.69. The van der Waals surface area contributed by atoms with Crippen molar-refractivity contribution in [3.8, 4) is 0 Å². The highest BCUT2D eigenvalue weighted by Gasteiger charge is 2.47. The van der Waals surface area contributed by atoms with Gasteiger partial charge in [0.25, 0.3) is 0 Å². The normalized spacial score (nSPS) is 25.0. The van der Waals surface area contributed by atoms with Gasteiger partial charge >= 0.3 is 5.97 Å². The van der Waals surface area contributed by atoms with E-state index in [0.717, 1.165) is 51.4 Å². The molecule has 0 spiro atoms. The Bertz CT molecular complexity index is 1360. The van der Waals surface area contributed by atoms with E-state index in [4.69, 9.17) is 28.4 Å². The number of carbonyl (C=O) groups excluding carboxylic acids is 1. The van der Waals surface area contributed by atoms with Crippen LogP contribution in [-0.2, 0) is 33.2 Å². The maximum absolute atomic E-state index is 13.1. The first-order valence-corrected chi connectivity index (χ1v) is 30.1. The number of hydrogen-bond donors (Lipinski definition) is 7. The van der Waals surface area contributed by atoms with Gasteiger partial charge in [0.05, 0.1) is 26.4 Å². The van der Waals surface area contributed by atoms with Crippen molar-refractivity contribution in [1.29, 1.82) is 0 Å². The van der Waals surface area contributed by atoms with Crippen molar-refractivity contribution < 1.29 is 69.0 Å². The van der Waals surface area contributed by atoms with Gasteiger partial charge in [0.15, 0.2) is 12.6 Å². The molecule has 2 heterocycles. The Labute approximate surface area is 449 Å². The van der Waals surface area contributed by atoms with Crippen LogP contribution >= 0.6 is 0 Å². The number of aliphatic hydroxyl groups excluding tert-OH is 7. The Kier molecular flexibility index (Phi) is 43.6. The van der Waals surface area contributed by atoms with Gasteiger partial charge in [0.2, 0.25) is 0 Å². The summed E-state index contributed by atoms with van der Waals surface area (Å²) < 4.78 is 34.4. The van der Waals surface area contributed by atoms with Gasteiger partial charge in [-0.15, -0.1) is 0 Å². The van der Waals surface area contributed by atoms with E-state index in [-0.39, 0.29) is 25.6 Å². The molecule has 0 aromatic rings. The summed E-state index contributed by atoms with van der Waals surface area (Å²) >= 11 is 0. The molecule has 0 bridgehead atoms. The van der Waals surface area contributed by atoms with E-state index in [1.165, 1.54) is 161 Å². The lowest BCUT2D eigenvalue weighted by atomic mass is 9.98. The number of ether oxygens (including phenoxy) is 6. The molecule has 11 unspecified atom stereocenters. The first-order valence-electron chi connectivity index (χ1n) is 30.1. The number of rotatable bonds is 49. The molecule has 2 fully saturated rings. The summed E-state index contributed by atoms with van der Waals surface area (Å²) in [7, 11) is 0. The minimum atomic E-state index is -1.71. The van der Waals surface area contributed by atoms with Crippen LogP contribution < -0.4 is 0 Å². The summed E-state index contributed by atoms with van der Waals surface area (Å²) in [5.74, 6) is -0.378. The third-order valence-electron chi connectivity index (χ3n) is 14.4. The summed E-state index contributed by atoms with van der Waals surface area (Å²) in [5.41, 5.74) is 0. The predicted molar refractivity (Wildman–Crippen MR) is 293 cm³/mol. The minimum absolute atomic E-state index is 0.0583. The lowest BCUT2D eigenvalue weighted by Crippen LogP contribution is -2.61. The molecule has 2 saturated heterocycles. The molecule has 74 heavy (non-hydrogen) atoms. The molecular formula is C60H110O14. The molecule has 0 aromatic heterocycles. The highest BCUT2D eigenvalue weighted by molar-refractivity contribution is 5.69. The van der Waals surface area contributed by atoms with Crippen LogP contribution in [0.15, 0.2) is 36.5 Å². The van der Waals surface area contributed by atoms with Crippen LogP contribution in [0, 0.1) is 0 Å². The zero-order valence-electron chi connectivity index (χ0n) is 46.6. The number of aliphatic hydroxyl groups is 7. The lowest BCUT2D eigenvalue weighted by Gasteiger charge is -2.42. The molecule has 2 aliphatic heterocycles. The molecule has 0 radical (unpaired) electrons. The monoisotopic (exact) mass is 1050 g/mol. The average Bonchev–Trinajstić information content (AvgIpc) is 3.40. The van der Waals surface area contributed by atoms with E-state index in [9.17, 15) is 40.5 Å². The topological polar surface area (TPSA) is 214 Å². The van der Waals surface area contributed by atoms with E-state index in [1.807, 2.05) is 0 Å². The average molecular weight is 1060 g/mol. The van der Waals surface area contributed by atoms with Crippen molar-refractivity contribution in [1.82, 2.24) is 0 Å². The molecule has 0 saturated carbocycles. The van der Waals surface area contributed by atoms with Gasteiger partial charge in [-0.25, -0.2) is 0 Å². The van der Waals surface area contributed by atoms with Crippen LogP contribution in [-0.4, -0.2) is 142 Å². The van der Waals surface area contributed by atoms with E-state index in [0.29, 0.717) is 13.0 Å². The largest absolute Gasteiger partial charge is 0.457 e. The van der Waals surface area contributed by atoms with Crippen LogP contribution in [0.2, 0.25) is 0 Å². The molecule has 7 N–H and O–H groups in total. The summed E-state index contributed by atoms with van der Waals surface area (Å²) in [6.07, 6.45) is 39.1. The number of unbranched alkanes of at least 4 members (excludes halogenated alkanes) is 29. The van der Waals surface area contributed by atoms with Gasteiger partial charge in [-0.05, 0) is 70.6 Å². The van der Waals surface area contributed by atoms with Gasteiger partial charge in [-0.2, -0.15) is 0 Å². The van der Waals surface area contributed by atoms with Crippen LogP contribution in [0.4, 0.5) is 0 Å². The van der Waals surface area contributed by atoms with Crippen molar-refractivity contribution >= 4 is 5.97 Å². The summed E-state index contributed by atoms with van der Waals surface area (Å²) in [6, 6.07) is 0. The maximum atomic E-state index is 13.1. The van der Waals surface area contributed by atoms with E-state index >= 15 is 0 Å². The Morgan fingerprint density at radius 1 is 0.446 bits per heavy atom. The predicted octanol–water partition coefficient (Wildman–Crippen LogP) is 10.9. The fraction of sp³-hybridized carbons (Fsp3) is 0.883. The van der Waals surface area contributed by atoms with Crippen molar-refractivity contribution in [3.63, 3.8) is 0 Å². The number of hydrogen-bond acceptors (Lipinski definition) is 14. The zero-order valence-corrected chi connectivity index (χ0v) is 46.6. The van der Waals surface area contributed by atoms with Gasteiger partial charge in [0, 0.05) is 13.0 Å². The fourth-order valence-corrected chi connectivity index (χ4v) is 9.49. The van der Waals surface area contributed by atoms with E-state index in [1.54, 1.807) is 0 Å². The summed E-state index contributed by atoms with van der Waals surface area (Å²) in [4.78, 5) is 13.1. The smallest absolute Gasteiger partial charge is 0.306 e. The quantitative estimate of drug-likeness (QED) is 0.0172. The lowest BCUT2D eigenvalue weighted by molar-refractivity contribution is -0.332. The second-order valence-electron chi connectivity index (χ2n) is 21.2. The van der Waals surface area contributed by atoms with Crippen LogP contribution in [0.5, 0.6) is 0 Å². The first-order chi connectivity index (χ1) is 36.1. The molecule has 0 amide bonds. The number of carbonyl (C=O) groups is 1. The molecule has 2 aliphatic rings. The molecular weight excluding hydrogens is 945 g/mol. The SMILES string of the molecule is CCCCCC/C=C\C/C=C\CCCCCCCCCCOCC(COC1OC(COC2OC(CO)C(O)C(O)C2O)C(O)C(O)C1O)OC(=O)CCCCCCCCCCC/C=C\CCCCCCCCCC. The van der Waals surface area contributed by atoms with Crippen LogP contribution in [0.3, 0.4) is 0 Å². The van der Waals surface area contributed by atoms with Gasteiger partial charge in [-0.1, -0.05) is 198 Å². The Balaban J connectivity index is 1.71. The number of esters is 1. The Hall–Kier alpha value is -1.79. The third-order valence-corrected chi connectivity index (χ3v) is 14.4. The highest BCUT2D eigenvalue weighted by Crippen LogP contribution is 2.27. The summed E-state index contributed by atoms with van der Waals surface area (Å²) in [5, 5.41) is 72.4. The van der Waals surface area contributed by atoms with Crippen molar-refractivity contribution in [3.05, 3.63) is 36.5 Å². The second kappa shape index (κ2) is 47.2. The molecule has 0 aliphatic carbocycles. The van der Waals surface area contributed by atoms with Crippen LogP contribution in [0.25, 0.3) is 0 Å². The Morgan fingerprint density at radius 2 is 0.838 bits per heavy atom. The maximum Gasteiger partial charge on any atom is 0.306 e. The highest BCUT2D eigenvalue weighted by atomic mass is 16.7. The van der Waals surface area contributed by atoms with Gasteiger partial charge in [-0.3, -0.25) is 4.79 Å². The van der Waals surface area contributed by atoms with Crippen molar-refractivity contribution in [2.45, 2.75) is 306 Å². The Morgan fingerprint density at radius 3 is 1.32 bits per heavy atom. The molecule has 434 valence electrons. The van der Waals surface area contributed by atoms with E-state index in [2.05, 4.69) is 50.3 Å². The third kappa shape index (κ3) is 33.5. The van der Waals surface area contributed by atoms with Crippen LogP contribution in [0.1, 0.15) is 239 Å². The molecule has 11 atom stereocenters. The standard InChI is InChI=1S/C60H110O14/c1-3-5-7-9-11-13-15-17-19-21-23-24-25-27-29-31-33-35-37-39-41-43-52(62)72-49(46-69-44-42-40-38-36-34-32-30-28-26-22-20-18-16-14-12-10-8-6-4-2)47-70-59-58(68)56(66)54(64)51(74-59)48-71-60-57(67)55(65)53(63)50(45-61)73-60/h14,16,20-23,49-51,53-61,63-68H,3-13,15,17-19,24-48H2,1-2H3/b16-14-,22-20-,23-21-. The molecule has 14 nitrogen and oxygen atoms in total. The molecule has 0 aromatic carbocycles. The second-order valence-corrected chi connectivity index (χ2v) is 21.2. The van der Waals surface area contributed by atoms with Gasteiger partial charge < -0.3 is 64.2 Å². The van der Waals surface area contributed by atoms with E-state index < -0.39 is 80.7 Å². The molecule has 14 heteroatoms.